The summed E-state index contributed by atoms with van der Waals surface area (Å²) in [6.07, 6.45) is 0.301. The smallest absolute Gasteiger partial charge is 0.264 e. The molecule has 7 nitrogen and oxygen atoms in total. The summed E-state index contributed by atoms with van der Waals surface area (Å²) in [5.41, 5.74) is 1.64. The minimum Gasteiger partial charge on any atom is -0.355 e. The third kappa shape index (κ3) is 6.87. The van der Waals surface area contributed by atoms with Gasteiger partial charge < -0.3 is 10.2 Å². The predicted molar refractivity (Wildman–Crippen MR) is 152 cm³/mol. The molecule has 3 aromatic carbocycles. The molecule has 0 aliphatic carbocycles. The zero-order valence-electron chi connectivity index (χ0n) is 21.5. The van der Waals surface area contributed by atoms with Crippen LogP contribution >= 0.6 is 23.2 Å². The second kappa shape index (κ2) is 13.1. The number of hydrogen-bond acceptors (Lipinski definition) is 4. The predicted octanol–water partition coefficient (Wildman–Crippen LogP) is 5.44. The third-order valence-electron chi connectivity index (χ3n) is 6.03. The first-order valence-electron chi connectivity index (χ1n) is 12.2. The van der Waals surface area contributed by atoms with Crippen molar-refractivity contribution in [2.75, 3.05) is 17.4 Å². The van der Waals surface area contributed by atoms with E-state index < -0.39 is 28.5 Å². The normalized spacial score (nSPS) is 12.0. The fourth-order valence-corrected chi connectivity index (χ4v) is 6.04. The van der Waals surface area contributed by atoms with Gasteiger partial charge in [-0.15, -0.1) is 0 Å². The Bertz CT molecular complexity index is 1360. The van der Waals surface area contributed by atoms with Gasteiger partial charge in [0.2, 0.25) is 11.8 Å². The number of nitrogens with one attached hydrogen (secondary N) is 1. The fourth-order valence-electron chi connectivity index (χ4n) is 4.10. The Kier molecular flexibility index (Phi) is 10.2. The van der Waals surface area contributed by atoms with Crippen molar-refractivity contribution in [3.63, 3.8) is 0 Å². The third-order valence-corrected chi connectivity index (χ3v) is 8.52. The van der Waals surface area contributed by atoms with Gasteiger partial charge in [-0.1, -0.05) is 66.5 Å². The molecule has 202 valence electrons. The Balaban J connectivity index is 2.09. The van der Waals surface area contributed by atoms with Crippen LogP contribution in [0.15, 0.2) is 77.7 Å². The van der Waals surface area contributed by atoms with Gasteiger partial charge in [0, 0.05) is 28.7 Å². The molecule has 1 atom stereocenters. The maximum absolute atomic E-state index is 14.0. The van der Waals surface area contributed by atoms with E-state index in [-0.39, 0.29) is 17.3 Å². The topological polar surface area (TPSA) is 86.8 Å². The van der Waals surface area contributed by atoms with Gasteiger partial charge in [0.15, 0.2) is 0 Å². The largest absolute Gasteiger partial charge is 0.355 e. The number of carbonyl (C=O) groups is 2. The van der Waals surface area contributed by atoms with Crippen LogP contribution in [0.3, 0.4) is 0 Å². The molecule has 1 N–H and O–H groups in total. The number of nitrogens with zero attached hydrogens (tertiary/aromatic N) is 2. The van der Waals surface area contributed by atoms with E-state index in [1.165, 1.54) is 17.0 Å². The van der Waals surface area contributed by atoms with E-state index in [1.807, 2.05) is 13.0 Å². The molecular formula is C28H31Cl2N3O4S. The zero-order chi connectivity index (χ0) is 27.9. The molecule has 0 spiro atoms. The zero-order valence-corrected chi connectivity index (χ0v) is 23.9. The van der Waals surface area contributed by atoms with Crippen molar-refractivity contribution < 1.29 is 18.0 Å². The first-order valence-corrected chi connectivity index (χ1v) is 14.4. The highest BCUT2D eigenvalue weighted by Gasteiger charge is 2.34. The van der Waals surface area contributed by atoms with Crippen molar-refractivity contribution in [2.45, 2.75) is 44.7 Å². The van der Waals surface area contributed by atoms with Crippen LogP contribution in [-0.2, 0) is 26.2 Å². The van der Waals surface area contributed by atoms with Crippen molar-refractivity contribution in [3.05, 3.63) is 94.0 Å². The summed E-state index contributed by atoms with van der Waals surface area (Å²) in [5.74, 6) is -0.917. The van der Waals surface area contributed by atoms with Gasteiger partial charge in [-0.2, -0.15) is 0 Å². The molecule has 0 heterocycles. The number of benzene rings is 3. The Labute approximate surface area is 234 Å². The van der Waals surface area contributed by atoms with Gasteiger partial charge in [-0.3, -0.25) is 13.9 Å². The first-order chi connectivity index (χ1) is 18.1. The molecular weight excluding hydrogens is 545 g/mol. The maximum Gasteiger partial charge on any atom is 0.264 e. The van der Waals surface area contributed by atoms with E-state index in [4.69, 9.17) is 23.2 Å². The van der Waals surface area contributed by atoms with E-state index in [0.29, 0.717) is 34.3 Å². The molecule has 0 aromatic heterocycles. The van der Waals surface area contributed by atoms with Crippen LogP contribution in [0, 0.1) is 6.92 Å². The van der Waals surface area contributed by atoms with Crippen LogP contribution in [0.25, 0.3) is 0 Å². The number of sulfonamides is 1. The molecule has 3 aromatic rings. The van der Waals surface area contributed by atoms with Gasteiger partial charge in [-0.05, 0) is 62.2 Å². The van der Waals surface area contributed by atoms with Crippen molar-refractivity contribution >= 4 is 50.7 Å². The van der Waals surface area contributed by atoms with E-state index in [2.05, 4.69) is 5.32 Å². The van der Waals surface area contributed by atoms with Crippen LogP contribution in [0.4, 0.5) is 5.69 Å². The lowest BCUT2D eigenvalue weighted by Gasteiger charge is -2.33. The molecule has 0 radical (unpaired) electrons. The number of aryl methyl sites for hydroxylation is 1. The van der Waals surface area contributed by atoms with E-state index in [1.54, 1.807) is 68.4 Å². The van der Waals surface area contributed by atoms with Gasteiger partial charge in [0.05, 0.1) is 10.6 Å². The summed E-state index contributed by atoms with van der Waals surface area (Å²) >= 11 is 12.8. The monoisotopic (exact) mass is 575 g/mol. The number of halogens is 2. The molecule has 3 rings (SSSR count). The summed E-state index contributed by atoms with van der Waals surface area (Å²) in [6.45, 7) is 5.19. The van der Waals surface area contributed by atoms with Crippen LogP contribution in [-0.4, -0.2) is 44.3 Å². The Morgan fingerprint density at radius 1 is 0.921 bits per heavy atom. The van der Waals surface area contributed by atoms with E-state index >= 15 is 0 Å². The molecule has 38 heavy (non-hydrogen) atoms. The molecule has 0 bridgehead atoms. The van der Waals surface area contributed by atoms with Gasteiger partial charge >= 0.3 is 0 Å². The van der Waals surface area contributed by atoms with Crippen LogP contribution in [0.1, 0.15) is 31.4 Å². The lowest BCUT2D eigenvalue weighted by Crippen LogP contribution is -2.52. The van der Waals surface area contributed by atoms with Crippen LogP contribution < -0.4 is 9.62 Å². The average molecular weight is 577 g/mol. The quantitative estimate of drug-likeness (QED) is 0.330. The Morgan fingerprint density at radius 3 is 2.13 bits per heavy atom. The second-order valence-electron chi connectivity index (χ2n) is 8.70. The molecule has 1 unspecified atom stereocenters. The summed E-state index contributed by atoms with van der Waals surface area (Å²) in [6, 6.07) is 18.9. The highest BCUT2D eigenvalue weighted by atomic mass is 35.5. The molecule has 10 heteroatoms. The molecule has 0 aliphatic heterocycles. The second-order valence-corrected chi connectivity index (χ2v) is 11.4. The molecule has 0 aliphatic rings. The number of anilines is 1. The molecule has 0 saturated carbocycles. The Morgan fingerprint density at radius 2 is 1.55 bits per heavy atom. The molecule has 0 fully saturated rings. The highest BCUT2D eigenvalue weighted by molar-refractivity contribution is 7.92. The number of rotatable bonds is 11. The molecule has 2 amide bonds. The standard InChI is InChI=1S/C28H31Cl2N3O4S/c1-4-26(28(35)31-5-2)32(18-23-24(29)15-10-16-25(23)30)27(34)19-33(21-12-9-11-20(3)17-21)38(36,37)22-13-7-6-8-14-22/h6-17,26H,4-5,18-19H2,1-3H3,(H,31,35). The van der Waals surface area contributed by atoms with Crippen molar-refractivity contribution in [1.29, 1.82) is 0 Å². The van der Waals surface area contributed by atoms with Gasteiger partial charge in [-0.25, -0.2) is 8.42 Å². The van der Waals surface area contributed by atoms with Crippen molar-refractivity contribution in [3.8, 4) is 0 Å². The molecule has 0 saturated heterocycles. The lowest BCUT2D eigenvalue weighted by atomic mass is 10.1. The minimum atomic E-state index is -4.12. The minimum absolute atomic E-state index is 0.0470. The lowest BCUT2D eigenvalue weighted by molar-refractivity contribution is -0.140. The number of carbonyl (C=O) groups excluding carboxylic acids is 2. The van der Waals surface area contributed by atoms with Gasteiger partial charge in [0.25, 0.3) is 10.0 Å². The van der Waals surface area contributed by atoms with E-state index in [9.17, 15) is 18.0 Å². The van der Waals surface area contributed by atoms with Gasteiger partial charge in [0.1, 0.15) is 12.6 Å². The summed E-state index contributed by atoms with van der Waals surface area (Å²) in [7, 11) is -4.12. The Hall–Kier alpha value is -3.07. The fraction of sp³-hybridized carbons (Fsp3) is 0.286. The average Bonchev–Trinajstić information content (AvgIpc) is 2.89. The number of amides is 2. The summed E-state index contributed by atoms with van der Waals surface area (Å²) in [4.78, 5) is 28.4. The SMILES string of the molecule is CCNC(=O)C(CC)N(Cc1c(Cl)cccc1Cl)C(=O)CN(c1cccc(C)c1)S(=O)(=O)c1ccccc1. The van der Waals surface area contributed by atoms with Crippen molar-refractivity contribution in [1.82, 2.24) is 10.2 Å². The van der Waals surface area contributed by atoms with Crippen molar-refractivity contribution in [2.24, 2.45) is 0 Å². The number of hydrogen-bond donors (Lipinski definition) is 1. The van der Waals surface area contributed by atoms with E-state index in [0.717, 1.165) is 9.87 Å². The van der Waals surface area contributed by atoms with Crippen LogP contribution in [0.5, 0.6) is 0 Å². The summed E-state index contributed by atoms with van der Waals surface area (Å²) < 4.78 is 28.6. The first kappa shape index (κ1) is 29.5. The maximum atomic E-state index is 14.0. The highest BCUT2D eigenvalue weighted by Crippen LogP contribution is 2.29. The number of likely N-dealkylation sites (N-methyl/N-ethyl adjacent to an activating group) is 1. The summed E-state index contributed by atoms with van der Waals surface area (Å²) in [5, 5.41) is 3.45. The van der Waals surface area contributed by atoms with Crippen LogP contribution in [0.2, 0.25) is 10.0 Å².